The molecule has 0 amide bonds. The van der Waals surface area contributed by atoms with E-state index >= 15 is 4.39 Å². The lowest BCUT2D eigenvalue weighted by Gasteiger charge is -2.35. The van der Waals surface area contributed by atoms with E-state index < -0.39 is 17.2 Å². The van der Waals surface area contributed by atoms with E-state index in [1.54, 1.807) is 0 Å². The average molecular weight is 588 g/mol. The molecule has 0 aliphatic carbocycles. The summed E-state index contributed by atoms with van der Waals surface area (Å²) in [5, 5.41) is 9.77. The Kier molecular flexibility index (Phi) is 8.98. The normalized spacial score (nSPS) is 17.1. The highest BCUT2D eigenvalue weighted by Crippen LogP contribution is 2.44. The molecule has 3 N–H and O–H groups in total. The molecule has 1 aliphatic heterocycles. The number of likely N-dealkylation sites (tertiary alicyclic amines) is 1. The Labute approximate surface area is 240 Å². The number of anilines is 1. The Bertz CT molecular complexity index is 1660. The molecule has 1 atom stereocenters. The quantitative estimate of drug-likeness (QED) is 0.246. The van der Waals surface area contributed by atoms with Crippen LogP contribution >= 0.6 is 22.9 Å². The molecule has 11 heteroatoms. The molecule has 212 valence electrons. The van der Waals surface area contributed by atoms with Gasteiger partial charge in [0.1, 0.15) is 29.0 Å². The number of halogens is 3. The van der Waals surface area contributed by atoms with Crippen LogP contribution in [0.4, 0.5) is 13.8 Å². The number of benzene rings is 2. The van der Waals surface area contributed by atoms with Gasteiger partial charge >= 0.3 is 0 Å². The molecule has 3 heterocycles. The first-order valence-electron chi connectivity index (χ1n) is 13.3. The number of rotatable bonds is 6. The first-order chi connectivity index (χ1) is 19.1. The molecule has 7 nitrogen and oxygen atoms in total. The van der Waals surface area contributed by atoms with Gasteiger partial charge in [-0.3, -0.25) is 14.7 Å². The lowest BCUT2D eigenvalue weighted by Crippen LogP contribution is -2.46. The van der Waals surface area contributed by atoms with Crippen molar-refractivity contribution in [3.05, 3.63) is 50.8 Å². The van der Waals surface area contributed by atoms with Crippen molar-refractivity contribution >= 4 is 48.9 Å². The first-order valence-corrected chi connectivity index (χ1v) is 14.5. The summed E-state index contributed by atoms with van der Waals surface area (Å²) in [6, 6.07) is 5.69. The third-order valence-electron chi connectivity index (χ3n) is 7.21. The molecule has 40 heavy (non-hydrogen) atoms. The van der Waals surface area contributed by atoms with Gasteiger partial charge < -0.3 is 10.5 Å². The number of hydrogen-bond donors (Lipinski definition) is 2. The lowest BCUT2D eigenvalue weighted by molar-refractivity contribution is 0.0826. The molecular formula is C29H32ClF2N5O2S. The van der Waals surface area contributed by atoms with Crippen LogP contribution in [-0.4, -0.2) is 40.6 Å². The maximum Gasteiger partial charge on any atom is 0.297 e. The summed E-state index contributed by atoms with van der Waals surface area (Å²) in [5.41, 5.74) is 5.04. The summed E-state index contributed by atoms with van der Waals surface area (Å²) < 4.78 is 36.7. The number of thiophene rings is 1. The number of fused-ring (bicyclic) bond motifs is 2. The smallest absolute Gasteiger partial charge is 0.297 e. The largest absolute Gasteiger partial charge is 0.463 e. The van der Waals surface area contributed by atoms with Crippen LogP contribution in [-0.2, 0) is 0 Å². The molecule has 1 aliphatic rings. The van der Waals surface area contributed by atoms with Crippen LogP contribution in [0.2, 0.25) is 5.02 Å². The Morgan fingerprint density at radius 3 is 2.67 bits per heavy atom. The van der Waals surface area contributed by atoms with Gasteiger partial charge in [0.25, 0.3) is 11.6 Å². The molecule has 1 fully saturated rings. The minimum absolute atomic E-state index is 0.0369. The maximum atomic E-state index is 16.1. The van der Waals surface area contributed by atoms with Crippen molar-refractivity contribution in [2.45, 2.75) is 58.4 Å². The van der Waals surface area contributed by atoms with Gasteiger partial charge in [-0.1, -0.05) is 51.3 Å². The van der Waals surface area contributed by atoms with Crippen LogP contribution in [0.3, 0.4) is 0 Å². The Balaban J connectivity index is 0.00000118. The van der Waals surface area contributed by atoms with E-state index in [-0.39, 0.29) is 59.3 Å². The molecule has 0 spiro atoms. The van der Waals surface area contributed by atoms with Crippen molar-refractivity contribution < 1.29 is 13.5 Å². The predicted octanol–water partition coefficient (Wildman–Crippen LogP) is 7.25. The second-order valence-electron chi connectivity index (χ2n) is 10.1. The van der Waals surface area contributed by atoms with E-state index in [0.717, 1.165) is 43.6 Å². The second-order valence-corrected chi connectivity index (χ2v) is 11.5. The van der Waals surface area contributed by atoms with Crippen LogP contribution < -0.4 is 16.0 Å². The molecule has 2 aromatic heterocycles. The van der Waals surface area contributed by atoms with Crippen LogP contribution in [0, 0.1) is 23.0 Å². The number of nitrogens with zero attached hydrogens (tertiary/aromatic N) is 3. The molecule has 0 radical (unpaired) electrons. The molecular weight excluding hydrogens is 556 g/mol. The minimum Gasteiger partial charge on any atom is -0.463 e. The summed E-state index contributed by atoms with van der Waals surface area (Å²) in [6.45, 7) is 7.60. The third-order valence-corrected chi connectivity index (χ3v) is 8.53. The van der Waals surface area contributed by atoms with Crippen molar-refractivity contribution in [1.82, 2.24) is 14.9 Å². The van der Waals surface area contributed by atoms with E-state index in [2.05, 4.69) is 35.6 Å². The van der Waals surface area contributed by atoms with Gasteiger partial charge in [0, 0.05) is 10.9 Å². The number of nitrogen functional groups attached to an aromatic ring is 1. The maximum absolute atomic E-state index is 16.1. The highest BCUT2D eigenvalue weighted by molar-refractivity contribution is 7.23. The second kappa shape index (κ2) is 12.1. The Hall–Kier alpha value is -3.26. The standard InChI is InChI=1S/C26H24ClF2N5O2S.C3H8/c1-3-7-26(8-4-9-34(26)2)12-36-25-32-21-14(24(35)33-25)10-16(27)19(20(21)29)13-5-6-17(28)22-18(13)15(11-30)23(31)37-22;1-3-2/h5-6,10H,3-4,7-9,12,31H2,1-2H3,(H,32,33,35);3H2,1-2H3. The molecule has 2 aromatic carbocycles. The predicted molar refractivity (Wildman–Crippen MR) is 158 cm³/mol. The molecule has 1 unspecified atom stereocenters. The van der Waals surface area contributed by atoms with Crippen molar-refractivity contribution in [2.24, 2.45) is 0 Å². The Morgan fingerprint density at radius 2 is 2.05 bits per heavy atom. The summed E-state index contributed by atoms with van der Waals surface area (Å²) >= 11 is 7.35. The molecule has 4 aromatic rings. The van der Waals surface area contributed by atoms with Gasteiger partial charge in [-0.15, -0.1) is 11.3 Å². The number of nitriles is 1. The van der Waals surface area contributed by atoms with Crippen molar-refractivity contribution in [1.29, 1.82) is 5.26 Å². The number of nitrogens with one attached hydrogen (secondary N) is 1. The fourth-order valence-electron chi connectivity index (χ4n) is 5.32. The Morgan fingerprint density at radius 1 is 1.32 bits per heavy atom. The number of likely N-dealkylation sites (N-methyl/N-ethyl adjacent to an activating group) is 1. The van der Waals surface area contributed by atoms with Crippen molar-refractivity contribution in [3.8, 4) is 23.2 Å². The number of hydrogen-bond acceptors (Lipinski definition) is 7. The van der Waals surface area contributed by atoms with Gasteiger partial charge in [0.15, 0.2) is 5.82 Å². The van der Waals surface area contributed by atoms with E-state index in [1.807, 2.05) is 13.1 Å². The average Bonchev–Trinajstić information content (AvgIpc) is 3.45. The van der Waals surface area contributed by atoms with Gasteiger partial charge in [-0.25, -0.2) is 8.78 Å². The van der Waals surface area contributed by atoms with Gasteiger partial charge in [-0.05, 0) is 50.6 Å². The SMILES string of the molecule is CCC.CCCC1(COc2nc3c(F)c(-c4ccc(F)c5sc(N)c(C#N)c45)c(Cl)cc3c(=O)[nH]2)CCCN1C. The van der Waals surface area contributed by atoms with Crippen LogP contribution in [0.25, 0.3) is 32.1 Å². The number of aromatic nitrogens is 2. The zero-order valence-electron chi connectivity index (χ0n) is 23.0. The third kappa shape index (κ3) is 5.26. The molecule has 5 rings (SSSR count). The highest BCUT2D eigenvalue weighted by Gasteiger charge is 2.39. The topological polar surface area (TPSA) is 108 Å². The van der Waals surface area contributed by atoms with E-state index in [9.17, 15) is 14.4 Å². The number of ether oxygens (including phenoxy) is 1. The summed E-state index contributed by atoms with van der Waals surface area (Å²) in [5.74, 6) is -1.46. The van der Waals surface area contributed by atoms with Gasteiger partial charge in [-0.2, -0.15) is 10.2 Å². The highest BCUT2D eigenvalue weighted by atomic mass is 35.5. The summed E-state index contributed by atoms with van der Waals surface area (Å²) in [6.07, 6.45) is 5.13. The van der Waals surface area contributed by atoms with E-state index in [0.29, 0.717) is 6.61 Å². The van der Waals surface area contributed by atoms with Crippen LogP contribution in [0.1, 0.15) is 58.4 Å². The van der Waals surface area contributed by atoms with Crippen LogP contribution in [0.15, 0.2) is 23.0 Å². The zero-order chi connectivity index (χ0) is 29.2. The fraction of sp³-hybridized carbons (Fsp3) is 0.414. The lowest BCUT2D eigenvalue weighted by atomic mass is 9.92. The molecule has 0 bridgehead atoms. The number of H-pyrrole nitrogens is 1. The van der Waals surface area contributed by atoms with Crippen molar-refractivity contribution in [2.75, 3.05) is 25.9 Å². The summed E-state index contributed by atoms with van der Waals surface area (Å²) in [7, 11) is 2.05. The molecule has 0 saturated carbocycles. The monoisotopic (exact) mass is 587 g/mol. The van der Waals surface area contributed by atoms with Gasteiger partial charge in [0.2, 0.25) is 0 Å². The minimum atomic E-state index is -0.874. The van der Waals surface area contributed by atoms with Gasteiger partial charge in [0.05, 0.1) is 26.2 Å². The number of nitrogens with two attached hydrogens (primary N) is 1. The first kappa shape index (κ1) is 29.7. The van der Waals surface area contributed by atoms with Crippen molar-refractivity contribution in [3.63, 3.8) is 0 Å². The van der Waals surface area contributed by atoms with E-state index in [1.165, 1.54) is 24.6 Å². The van der Waals surface area contributed by atoms with E-state index in [4.69, 9.17) is 22.1 Å². The number of aromatic amines is 1. The zero-order valence-corrected chi connectivity index (χ0v) is 24.5. The molecule has 1 saturated heterocycles. The van der Waals surface area contributed by atoms with Crippen LogP contribution in [0.5, 0.6) is 6.01 Å². The fourth-order valence-corrected chi connectivity index (χ4v) is 6.56. The summed E-state index contributed by atoms with van der Waals surface area (Å²) in [4.78, 5) is 22.0.